The smallest absolute Gasteiger partial charge is 0.162 e. The second-order valence-corrected chi connectivity index (χ2v) is 4.79. The summed E-state index contributed by atoms with van der Waals surface area (Å²) in [5.41, 5.74) is 8.76. The van der Waals surface area contributed by atoms with Crippen molar-refractivity contribution in [3.8, 4) is 5.75 Å². The number of hydrogen-bond donors (Lipinski definition) is 1. The van der Waals surface area contributed by atoms with Gasteiger partial charge in [-0.05, 0) is 49.1 Å². The number of carbonyl (C=O) groups is 1. The molecule has 1 aromatic rings. The lowest BCUT2D eigenvalue weighted by Crippen LogP contribution is -2.10. The number of aliphatic hydroxyl groups excluding tert-OH is 1. The minimum atomic E-state index is -0.488. The Bertz CT molecular complexity index is 481. The molecule has 0 bridgehead atoms. The van der Waals surface area contributed by atoms with E-state index < -0.39 is 6.10 Å². The highest BCUT2D eigenvalue weighted by Crippen LogP contribution is 2.15. The highest BCUT2D eigenvalue weighted by molar-refractivity contribution is 5.96. The molecule has 0 aliphatic carbocycles. The number of azide groups is 1. The molecule has 6 heteroatoms. The van der Waals surface area contributed by atoms with Gasteiger partial charge in [0.25, 0.3) is 0 Å². The molecule has 0 aliphatic rings. The Kier molecular flexibility index (Phi) is 7.94. The number of Topliss-reactive ketones (excluding diaryl/α,β-unsaturated/α-hetero) is 1. The maximum Gasteiger partial charge on any atom is 0.162 e. The summed E-state index contributed by atoms with van der Waals surface area (Å²) in [6.45, 7) is 0.452. The number of rotatable bonds is 10. The third kappa shape index (κ3) is 6.79. The van der Waals surface area contributed by atoms with Crippen molar-refractivity contribution in [2.75, 3.05) is 13.7 Å². The van der Waals surface area contributed by atoms with Gasteiger partial charge in [0.15, 0.2) is 5.78 Å². The van der Waals surface area contributed by atoms with E-state index in [0.717, 1.165) is 12.8 Å². The van der Waals surface area contributed by atoms with E-state index in [-0.39, 0.29) is 5.78 Å². The molecule has 0 unspecified atom stereocenters. The monoisotopic (exact) mass is 291 g/mol. The van der Waals surface area contributed by atoms with Gasteiger partial charge in [-0.3, -0.25) is 4.79 Å². The molecule has 0 radical (unpaired) electrons. The van der Waals surface area contributed by atoms with Crippen LogP contribution in [-0.4, -0.2) is 30.6 Å². The lowest BCUT2D eigenvalue weighted by Gasteiger charge is -2.09. The Hall–Kier alpha value is -2.04. The summed E-state index contributed by atoms with van der Waals surface area (Å²) in [6, 6.07) is 6.96. The predicted octanol–water partition coefficient (Wildman–Crippen LogP) is 3.50. The lowest BCUT2D eigenvalue weighted by molar-refractivity contribution is 0.0931. The molecule has 1 aromatic carbocycles. The SMILES string of the molecule is COc1ccc(C(=O)CC[C@H](O)CCCCN=[N+]=[N-])cc1. The first-order valence-corrected chi connectivity index (χ1v) is 7.03. The Morgan fingerprint density at radius 1 is 1.33 bits per heavy atom. The van der Waals surface area contributed by atoms with Gasteiger partial charge in [0, 0.05) is 23.4 Å². The molecule has 0 aromatic heterocycles. The zero-order valence-electron chi connectivity index (χ0n) is 12.2. The molecule has 0 fully saturated rings. The Labute approximate surface area is 124 Å². The summed E-state index contributed by atoms with van der Waals surface area (Å²) >= 11 is 0. The van der Waals surface area contributed by atoms with Gasteiger partial charge in [0.1, 0.15) is 5.75 Å². The number of ether oxygens (including phenoxy) is 1. The third-order valence-electron chi connectivity index (χ3n) is 3.23. The number of hydrogen-bond acceptors (Lipinski definition) is 4. The van der Waals surface area contributed by atoms with Gasteiger partial charge in [0.2, 0.25) is 0 Å². The number of unbranched alkanes of at least 4 members (excludes halogenated alkanes) is 1. The molecule has 114 valence electrons. The van der Waals surface area contributed by atoms with Crippen LogP contribution in [0.4, 0.5) is 0 Å². The van der Waals surface area contributed by atoms with Crippen LogP contribution in [0.1, 0.15) is 42.5 Å². The summed E-state index contributed by atoms with van der Waals surface area (Å²) in [5, 5.41) is 13.2. The molecule has 0 aliphatic heterocycles. The van der Waals surface area contributed by atoms with Crippen LogP contribution in [0.5, 0.6) is 5.75 Å². The van der Waals surface area contributed by atoms with E-state index in [2.05, 4.69) is 10.0 Å². The fourth-order valence-corrected chi connectivity index (χ4v) is 1.97. The summed E-state index contributed by atoms with van der Waals surface area (Å²) in [6.07, 6.45) is 2.45. The average molecular weight is 291 g/mol. The molecule has 21 heavy (non-hydrogen) atoms. The average Bonchev–Trinajstić information content (AvgIpc) is 2.52. The molecular weight excluding hydrogens is 270 g/mol. The quantitative estimate of drug-likeness (QED) is 0.235. The predicted molar refractivity (Wildman–Crippen MR) is 80.4 cm³/mol. The summed E-state index contributed by atoms with van der Waals surface area (Å²) in [4.78, 5) is 14.6. The first kappa shape index (κ1) is 17.0. The molecule has 1 N–H and O–H groups in total. The summed E-state index contributed by atoms with van der Waals surface area (Å²) in [7, 11) is 1.58. The maximum absolute atomic E-state index is 12.0. The van der Waals surface area contributed by atoms with Gasteiger partial charge >= 0.3 is 0 Å². The van der Waals surface area contributed by atoms with Gasteiger partial charge < -0.3 is 9.84 Å². The van der Waals surface area contributed by atoms with Gasteiger partial charge in [-0.2, -0.15) is 0 Å². The fourth-order valence-electron chi connectivity index (χ4n) is 1.97. The number of aliphatic hydroxyl groups is 1. The zero-order valence-corrected chi connectivity index (χ0v) is 12.2. The number of methoxy groups -OCH3 is 1. The normalized spacial score (nSPS) is 11.5. The van der Waals surface area contributed by atoms with Crippen LogP contribution in [0, 0.1) is 0 Å². The van der Waals surface area contributed by atoms with Crippen LogP contribution in [0.15, 0.2) is 29.4 Å². The van der Waals surface area contributed by atoms with Crippen molar-refractivity contribution in [1.82, 2.24) is 0 Å². The Morgan fingerprint density at radius 2 is 2.05 bits per heavy atom. The van der Waals surface area contributed by atoms with Crippen LogP contribution in [0.2, 0.25) is 0 Å². The third-order valence-corrected chi connectivity index (χ3v) is 3.23. The highest BCUT2D eigenvalue weighted by atomic mass is 16.5. The molecule has 0 spiro atoms. The van der Waals surface area contributed by atoms with Crippen molar-refractivity contribution >= 4 is 5.78 Å². The number of nitrogens with zero attached hydrogens (tertiary/aromatic N) is 3. The van der Waals surface area contributed by atoms with Gasteiger partial charge in [-0.1, -0.05) is 11.5 Å². The van der Waals surface area contributed by atoms with Crippen LogP contribution < -0.4 is 4.74 Å². The molecule has 0 saturated carbocycles. The second kappa shape index (κ2) is 9.80. The summed E-state index contributed by atoms with van der Waals surface area (Å²) < 4.78 is 5.04. The van der Waals surface area contributed by atoms with Crippen LogP contribution >= 0.6 is 0 Å². The first-order chi connectivity index (χ1) is 10.2. The zero-order chi connectivity index (χ0) is 15.5. The van der Waals surface area contributed by atoms with E-state index in [9.17, 15) is 9.90 Å². The number of ketones is 1. The standard InChI is InChI=1S/C15H21N3O3/c1-21-14-8-5-12(6-9-14)15(20)10-7-13(19)4-2-3-11-17-18-16/h5-6,8-9,13,19H,2-4,7,10-11H2,1H3/t13-/m1/s1. The largest absolute Gasteiger partial charge is 0.497 e. The van der Waals surface area contributed by atoms with Crippen LogP contribution in [-0.2, 0) is 0 Å². The van der Waals surface area contributed by atoms with Crippen molar-refractivity contribution in [2.45, 2.75) is 38.2 Å². The van der Waals surface area contributed by atoms with Crippen molar-refractivity contribution in [1.29, 1.82) is 0 Å². The molecule has 6 nitrogen and oxygen atoms in total. The van der Waals surface area contributed by atoms with E-state index in [1.807, 2.05) is 0 Å². The molecule has 1 atom stereocenters. The number of benzene rings is 1. The topological polar surface area (TPSA) is 95.3 Å². The van der Waals surface area contributed by atoms with Crippen LogP contribution in [0.3, 0.4) is 0 Å². The van der Waals surface area contributed by atoms with Crippen molar-refractivity contribution in [3.63, 3.8) is 0 Å². The second-order valence-electron chi connectivity index (χ2n) is 4.79. The minimum absolute atomic E-state index is 0.0192. The number of carbonyl (C=O) groups excluding carboxylic acids is 1. The van der Waals surface area contributed by atoms with Crippen molar-refractivity contribution < 1.29 is 14.6 Å². The Morgan fingerprint density at radius 3 is 2.67 bits per heavy atom. The maximum atomic E-state index is 12.0. The van der Waals surface area contributed by atoms with Gasteiger partial charge in [0.05, 0.1) is 13.2 Å². The minimum Gasteiger partial charge on any atom is -0.497 e. The van der Waals surface area contributed by atoms with E-state index in [4.69, 9.17) is 10.3 Å². The molecule has 0 heterocycles. The van der Waals surface area contributed by atoms with E-state index in [0.29, 0.717) is 37.1 Å². The molecule has 0 amide bonds. The van der Waals surface area contributed by atoms with E-state index in [1.165, 1.54) is 0 Å². The van der Waals surface area contributed by atoms with Crippen molar-refractivity contribution in [3.05, 3.63) is 40.3 Å². The summed E-state index contributed by atoms with van der Waals surface area (Å²) in [5.74, 6) is 0.734. The fraction of sp³-hybridized carbons (Fsp3) is 0.533. The molecular formula is C15H21N3O3. The van der Waals surface area contributed by atoms with E-state index >= 15 is 0 Å². The highest BCUT2D eigenvalue weighted by Gasteiger charge is 2.10. The van der Waals surface area contributed by atoms with E-state index in [1.54, 1.807) is 31.4 Å². The van der Waals surface area contributed by atoms with Gasteiger partial charge in [-0.15, -0.1) is 0 Å². The van der Waals surface area contributed by atoms with Gasteiger partial charge in [-0.25, -0.2) is 0 Å². The Balaban J connectivity index is 2.26. The molecule has 1 rings (SSSR count). The van der Waals surface area contributed by atoms with Crippen molar-refractivity contribution in [2.24, 2.45) is 5.11 Å². The molecule has 0 saturated heterocycles. The van der Waals surface area contributed by atoms with Crippen LogP contribution in [0.25, 0.3) is 10.4 Å². The lowest BCUT2D eigenvalue weighted by atomic mass is 10.0. The first-order valence-electron chi connectivity index (χ1n) is 7.03.